The molecular weight excluding hydrogens is 433 g/mol. The van der Waals surface area contributed by atoms with Crippen LogP contribution in [0.1, 0.15) is 18.4 Å². The lowest BCUT2D eigenvalue weighted by Crippen LogP contribution is -2.71. The Morgan fingerprint density at radius 3 is 2.43 bits per heavy atom. The second-order valence-electron chi connectivity index (χ2n) is 6.58. The largest absolute Gasteiger partial charge is 0.534 e. The normalized spacial score (nSPS) is 21.6. The van der Waals surface area contributed by atoms with E-state index in [1.165, 1.54) is 0 Å². The first-order chi connectivity index (χ1) is 13.9. The van der Waals surface area contributed by atoms with Crippen molar-refractivity contribution in [2.75, 3.05) is 0 Å². The van der Waals surface area contributed by atoms with Crippen molar-refractivity contribution in [3.8, 4) is 0 Å². The number of β-lactam (4-membered cyclic amide) rings is 1. The lowest BCUT2D eigenvalue weighted by molar-refractivity contribution is -0.156. The molecule has 0 aliphatic carbocycles. The summed E-state index contributed by atoms with van der Waals surface area (Å²) in [6, 6.07) is 6.69. The number of allylic oxidation sites excluding steroid dienone is 1. The molecule has 1 saturated heterocycles. The minimum Gasteiger partial charge on any atom is -0.476 e. The molecule has 1 aromatic rings. The maximum absolute atomic E-state index is 12.6. The predicted molar refractivity (Wildman–Crippen MR) is 92.7 cm³/mol. The van der Waals surface area contributed by atoms with E-state index in [9.17, 15) is 41.1 Å². The van der Waals surface area contributed by atoms with Gasteiger partial charge in [0, 0.05) is 6.42 Å². The van der Waals surface area contributed by atoms with Gasteiger partial charge in [-0.1, -0.05) is 30.3 Å². The van der Waals surface area contributed by atoms with Crippen molar-refractivity contribution in [3.63, 3.8) is 0 Å². The van der Waals surface area contributed by atoms with Crippen molar-refractivity contribution >= 4 is 27.9 Å². The zero-order valence-electron chi connectivity index (χ0n) is 15.0. The molecule has 2 amide bonds. The summed E-state index contributed by atoms with van der Waals surface area (Å²) < 4.78 is 64.1. The van der Waals surface area contributed by atoms with E-state index in [-0.39, 0.29) is 12.8 Å². The number of carboxylic acids is 1. The molecule has 2 heterocycles. The van der Waals surface area contributed by atoms with E-state index >= 15 is 0 Å². The van der Waals surface area contributed by atoms with Crippen LogP contribution >= 0.6 is 0 Å². The van der Waals surface area contributed by atoms with Crippen LogP contribution in [0.25, 0.3) is 0 Å². The summed E-state index contributed by atoms with van der Waals surface area (Å²) in [6.45, 7) is 0. The van der Waals surface area contributed by atoms with Gasteiger partial charge in [0.25, 0.3) is 5.91 Å². The average Bonchev–Trinajstić information content (AvgIpc) is 2.65. The summed E-state index contributed by atoms with van der Waals surface area (Å²) in [4.78, 5) is 36.7. The number of carboxylic acid groups (broad SMARTS) is 1. The van der Waals surface area contributed by atoms with E-state index in [1.807, 2.05) is 0 Å². The molecule has 3 rings (SSSR count). The first-order valence-corrected chi connectivity index (χ1v) is 9.97. The highest BCUT2D eigenvalue weighted by atomic mass is 32.2. The Kier molecular flexibility index (Phi) is 5.50. The van der Waals surface area contributed by atoms with Crippen LogP contribution < -0.4 is 5.32 Å². The van der Waals surface area contributed by atoms with Gasteiger partial charge in [0.15, 0.2) is 11.5 Å². The standard InChI is InChI=1S/C17H15F3N2O7S/c18-17(19,20)30(27,28)29-11-7-6-10-13(15(24)22(10)14(11)16(25)26)21-12(23)8-9-4-2-1-3-5-9/h1-5,10,13H,6-8H2,(H,21,23)(H,25,26)/t10-,13-/m0/s1. The quantitative estimate of drug-likeness (QED) is 0.375. The number of hydrogen-bond acceptors (Lipinski definition) is 6. The van der Waals surface area contributed by atoms with Crippen LogP contribution in [0.15, 0.2) is 41.8 Å². The minimum absolute atomic E-state index is 0.0306. The summed E-state index contributed by atoms with van der Waals surface area (Å²) in [7, 11) is -6.09. The van der Waals surface area contributed by atoms with Crippen molar-refractivity contribution in [1.29, 1.82) is 0 Å². The first kappa shape index (κ1) is 21.6. The van der Waals surface area contributed by atoms with Gasteiger partial charge in [-0.05, 0) is 12.0 Å². The monoisotopic (exact) mass is 448 g/mol. The molecule has 30 heavy (non-hydrogen) atoms. The van der Waals surface area contributed by atoms with Crippen LogP contribution in [0.4, 0.5) is 13.2 Å². The zero-order valence-corrected chi connectivity index (χ0v) is 15.9. The molecule has 1 fully saturated rings. The molecule has 9 nitrogen and oxygen atoms in total. The number of halogens is 3. The molecule has 1 aromatic carbocycles. The van der Waals surface area contributed by atoms with Gasteiger partial charge in [-0.3, -0.25) is 14.5 Å². The number of nitrogens with zero attached hydrogens (tertiary/aromatic N) is 1. The summed E-state index contributed by atoms with van der Waals surface area (Å²) >= 11 is 0. The molecule has 0 spiro atoms. The molecule has 0 aromatic heterocycles. The van der Waals surface area contributed by atoms with Gasteiger partial charge in [0.2, 0.25) is 5.91 Å². The third-order valence-corrected chi connectivity index (χ3v) is 5.60. The smallest absolute Gasteiger partial charge is 0.476 e. The second kappa shape index (κ2) is 7.63. The number of alkyl halides is 3. The number of fused-ring (bicyclic) bond motifs is 1. The summed E-state index contributed by atoms with van der Waals surface area (Å²) in [5.74, 6) is -4.20. The fourth-order valence-electron chi connectivity index (χ4n) is 3.30. The van der Waals surface area contributed by atoms with E-state index in [0.29, 0.717) is 10.5 Å². The Morgan fingerprint density at radius 1 is 1.23 bits per heavy atom. The molecule has 2 aliphatic rings. The Labute approximate surface area is 168 Å². The SMILES string of the molecule is O=C(Cc1ccccc1)N[C@@H]1C(=O)N2C(C(=O)O)=C(OS(=O)(=O)C(F)(F)F)CC[C@@H]12. The van der Waals surface area contributed by atoms with E-state index in [0.717, 1.165) is 0 Å². The summed E-state index contributed by atoms with van der Waals surface area (Å²) in [6.07, 6.45) is -0.602. The van der Waals surface area contributed by atoms with Crippen molar-refractivity contribution in [1.82, 2.24) is 10.2 Å². The van der Waals surface area contributed by atoms with Crippen LogP contribution in [0, 0.1) is 0 Å². The highest BCUT2D eigenvalue weighted by molar-refractivity contribution is 7.87. The number of nitrogens with one attached hydrogen (secondary N) is 1. The lowest BCUT2D eigenvalue weighted by Gasteiger charge is -2.49. The molecule has 2 N–H and O–H groups in total. The first-order valence-electron chi connectivity index (χ1n) is 8.56. The van der Waals surface area contributed by atoms with Crippen LogP contribution in [-0.2, 0) is 35.1 Å². The van der Waals surface area contributed by atoms with Gasteiger partial charge in [-0.15, -0.1) is 0 Å². The van der Waals surface area contributed by atoms with E-state index in [2.05, 4.69) is 9.50 Å². The Bertz CT molecular complexity index is 1020. The molecular formula is C17H15F3N2O7S. The third kappa shape index (κ3) is 3.97. The maximum Gasteiger partial charge on any atom is 0.534 e. The van der Waals surface area contributed by atoms with Gasteiger partial charge in [0.05, 0.1) is 12.5 Å². The second-order valence-corrected chi connectivity index (χ2v) is 8.12. The number of amides is 2. The fraction of sp³-hybridized carbons (Fsp3) is 0.353. The van der Waals surface area contributed by atoms with Crippen LogP contribution in [0.2, 0.25) is 0 Å². The van der Waals surface area contributed by atoms with E-state index in [1.54, 1.807) is 30.3 Å². The van der Waals surface area contributed by atoms with E-state index in [4.69, 9.17) is 0 Å². The van der Waals surface area contributed by atoms with Gasteiger partial charge in [0.1, 0.15) is 6.04 Å². The van der Waals surface area contributed by atoms with Gasteiger partial charge < -0.3 is 14.6 Å². The average molecular weight is 448 g/mol. The van der Waals surface area contributed by atoms with Crippen LogP contribution in [0.3, 0.4) is 0 Å². The van der Waals surface area contributed by atoms with E-state index < -0.39 is 63.4 Å². The van der Waals surface area contributed by atoms with Crippen LogP contribution in [-0.4, -0.2) is 53.8 Å². The van der Waals surface area contributed by atoms with Crippen molar-refractivity contribution in [2.45, 2.75) is 36.9 Å². The number of carbonyl (C=O) groups excluding carboxylic acids is 2. The molecule has 162 valence electrons. The molecule has 13 heteroatoms. The number of carbonyl (C=O) groups is 3. The topological polar surface area (TPSA) is 130 Å². The van der Waals surface area contributed by atoms with Crippen molar-refractivity contribution in [3.05, 3.63) is 47.4 Å². The predicted octanol–water partition coefficient (Wildman–Crippen LogP) is 0.881. The highest BCUT2D eigenvalue weighted by Crippen LogP contribution is 2.39. The maximum atomic E-state index is 12.6. The van der Waals surface area contributed by atoms with Gasteiger partial charge in [-0.2, -0.15) is 21.6 Å². The Morgan fingerprint density at radius 2 is 1.87 bits per heavy atom. The van der Waals surface area contributed by atoms with Gasteiger partial charge >= 0.3 is 21.6 Å². The molecule has 0 bridgehead atoms. The van der Waals surface area contributed by atoms with Gasteiger partial charge in [-0.25, -0.2) is 4.79 Å². The fourth-order valence-corrected chi connectivity index (χ4v) is 3.82. The third-order valence-electron chi connectivity index (χ3n) is 4.61. The highest BCUT2D eigenvalue weighted by Gasteiger charge is 2.56. The Balaban J connectivity index is 1.76. The Hall–Kier alpha value is -3.09. The lowest BCUT2D eigenvalue weighted by atomic mass is 9.85. The molecule has 2 aliphatic heterocycles. The summed E-state index contributed by atoms with van der Waals surface area (Å²) in [5, 5.41) is 11.8. The zero-order chi connectivity index (χ0) is 22.3. The number of aliphatic carboxylic acids is 1. The van der Waals surface area contributed by atoms with Crippen molar-refractivity contribution in [2.24, 2.45) is 0 Å². The molecule has 0 unspecified atom stereocenters. The number of rotatable bonds is 6. The number of hydrogen-bond donors (Lipinski definition) is 2. The number of benzene rings is 1. The minimum atomic E-state index is -6.09. The van der Waals surface area contributed by atoms with Crippen molar-refractivity contribution < 1.29 is 45.3 Å². The molecule has 0 saturated carbocycles. The molecule has 2 atom stereocenters. The molecule has 0 radical (unpaired) electrons. The summed E-state index contributed by atoms with van der Waals surface area (Å²) in [5.41, 5.74) is -6.06. The van der Waals surface area contributed by atoms with Crippen LogP contribution in [0.5, 0.6) is 0 Å².